The summed E-state index contributed by atoms with van der Waals surface area (Å²) in [7, 11) is -2.15. The summed E-state index contributed by atoms with van der Waals surface area (Å²) < 4.78 is 31.4. The van der Waals surface area contributed by atoms with Gasteiger partial charge in [0.1, 0.15) is 12.3 Å². The van der Waals surface area contributed by atoms with E-state index in [0.29, 0.717) is 17.1 Å². The first-order valence-corrected chi connectivity index (χ1v) is 10.5. The van der Waals surface area contributed by atoms with Crippen molar-refractivity contribution in [3.63, 3.8) is 0 Å². The van der Waals surface area contributed by atoms with Crippen LogP contribution in [0.15, 0.2) is 42.5 Å². The molecule has 0 aliphatic heterocycles. The number of para-hydroxylation sites is 3. The fourth-order valence-electron chi connectivity index (χ4n) is 2.92. The van der Waals surface area contributed by atoms with Crippen LogP contribution in [-0.2, 0) is 14.8 Å². The van der Waals surface area contributed by atoms with Crippen molar-refractivity contribution in [1.29, 1.82) is 0 Å². The van der Waals surface area contributed by atoms with Crippen molar-refractivity contribution < 1.29 is 17.9 Å². The van der Waals surface area contributed by atoms with Crippen molar-refractivity contribution >= 4 is 27.3 Å². The Balaban J connectivity index is 2.39. The average Bonchev–Trinajstić information content (AvgIpc) is 2.59. The fraction of sp³-hybridized carbons (Fsp3) is 0.350. The summed E-state index contributed by atoms with van der Waals surface area (Å²) >= 11 is 0. The number of carbonyl (C=O) groups is 1. The molecule has 0 bridgehead atoms. The number of sulfonamides is 1. The Bertz CT molecular complexity index is 923. The van der Waals surface area contributed by atoms with Crippen LogP contribution in [0.1, 0.15) is 30.9 Å². The SMILES string of the molecule is COc1ccccc1NC(=O)CN(c1c(C)cccc1C(C)C)S(C)(=O)=O. The second-order valence-electron chi connectivity index (χ2n) is 6.69. The first kappa shape index (κ1) is 20.8. The molecule has 0 unspecified atom stereocenters. The lowest BCUT2D eigenvalue weighted by molar-refractivity contribution is -0.114. The molecule has 1 amide bonds. The number of rotatable bonds is 7. The molecule has 7 heteroatoms. The van der Waals surface area contributed by atoms with Gasteiger partial charge in [-0.1, -0.05) is 44.2 Å². The molecule has 0 saturated heterocycles. The predicted molar refractivity (Wildman–Crippen MR) is 109 cm³/mol. The van der Waals surface area contributed by atoms with Crippen LogP contribution in [0.2, 0.25) is 0 Å². The zero-order valence-electron chi connectivity index (χ0n) is 16.3. The summed E-state index contributed by atoms with van der Waals surface area (Å²) in [4.78, 5) is 12.6. The standard InChI is InChI=1S/C20H26N2O4S/c1-14(2)16-10-8-9-15(3)20(16)22(27(5,24)25)13-19(23)21-17-11-6-7-12-18(17)26-4/h6-12,14H,13H2,1-5H3,(H,21,23). The van der Waals surface area contributed by atoms with E-state index < -0.39 is 15.9 Å². The van der Waals surface area contributed by atoms with Gasteiger partial charge in [0.05, 0.1) is 24.7 Å². The molecule has 6 nitrogen and oxygen atoms in total. The highest BCUT2D eigenvalue weighted by molar-refractivity contribution is 7.92. The zero-order chi connectivity index (χ0) is 20.2. The predicted octanol–water partition coefficient (Wildman–Crippen LogP) is 3.53. The van der Waals surface area contributed by atoms with Crippen LogP contribution >= 0.6 is 0 Å². The third kappa shape index (κ3) is 5.01. The summed E-state index contributed by atoms with van der Waals surface area (Å²) in [5.74, 6) is 0.180. The number of hydrogen-bond acceptors (Lipinski definition) is 4. The molecule has 0 aliphatic rings. The Hall–Kier alpha value is -2.54. The molecule has 27 heavy (non-hydrogen) atoms. The lowest BCUT2D eigenvalue weighted by atomic mass is 9.98. The number of hydrogen-bond donors (Lipinski definition) is 1. The quantitative estimate of drug-likeness (QED) is 0.785. The van der Waals surface area contributed by atoms with Crippen LogP contribution < -0.4 is 14.4 Å². The number of benzene rings is 2. The minimum absolute atomic E-state index is 0.112. The van der Waals surface area contributed by atoms with E-state index in [9.17, 15) is 13.2 Å². The Kier molecular flexibility index (Phi) is 6.49. The van der Waals surface area contributed by atoms with Gasteiger partial charge in [-0.3, -0.25) is 9.10 Å². The van der Waals surface area contributed by atoms with Crippen LogP contribution in [0.3, 0.4) is 0 Å². The van der Waals surface area contributed by atoms with E-state index in [2.05, 4.69) is 5.32 Å². The van der Waals surface area contributed by atoms with Crippen LogP contribution in [0.5, 0.6) is 5.75 Å². The maximum Gasteiger partial charge on any atom is 0.245 e. The number of carbonyl (C=O) groups excluding carboxylic acids is 1. The molecule has 0 aromatic heterocycles. The van der Waals surface area contributed by atoms with Gasteiger partial charge in [-0.05, 0) is 36.1 Å². The lowest BCUT2D eigenvalue weighted by Crippen LogP contribution is -2.38. The first-order valence-electron chi connectivity index (χ1n) is 8.65. The van der Waals surface area contributed by atoms with Gasteiger partial charge in [-0.15, -0.1) is 0 Å². The zero-order valence-corrected chi connectivity index (χ0v) is 17.1. The molecule has 1 N–H and O–H groups in total. The monoisotopic (exact) mass is 390 g/mol. The van der Waals surface area contributed by atoms with Gasteiger partial charge in [-0.25, -0.2) is 8.42 Å². The molecular weight excluding hydrogens is 364 g/mol. The van der Waals surface area contributed by atoms with Crippen molar-refractivity contribution in [2.45, 2.75) is 26.7 Å². The molecule has 0 aliphatic carbocycles. The number of methoxy groups -OCH3 is 1. The van der Waals surface area contributed by atoms with Crippen molar-refractivity contribution in [1.82, 2.24) is 0 Å². The summed E-state index contributed by atoms with van der Waals surface area (Å²) in [6.45, 7) is 5.51. The van der Waals surface area contributed by atoms with Crippen LogP contribution in [0.25, 0.3) is 0 Å². The number of nitrogens with one attached hydrogen (secondary N) is 1. The molecule has 0 heterocycles. The van der Waals surface area contributed by atoms with Gasteiger partial charge >= 0.3 is 0 Å². The first-order chi connectivity index (χ1) is 12.6. The number of amides is 1. The van der Waals surface area contributed by atoms with E-state index >= 15 is 0 Å². The molecule has 0 radical (unpaired) electrons. The molecule has 0 fully saturated rings. The Morgan fingerprint density at radius 3 is 2.41 bits per heavy atom. The van der Waals surface area contributed by atoms with E-state index in [1.165, 1.54) is 11.4 Å². The van der Waals surface area contributed by atoms with Gasteiger partial charge in [-0.2, -0.15) is 0 Å². The smallest absolute Gasteiger partial charge is 0.245 e. The third-order valence-electron chi connectivity index (χ3n) is 4.21. The molecule has 2 aromatic carbocycles. The molecular formula is C20H26N2O4S. The maximum atomic E-state index is 12.6. The number of aryl methyl sites for hydroxylation is 1. The minimum Gasteiger partial charge on any atom is -0.495 e. The summed E-state index contributed by atoms with van der Waals surface area (Å²) in [6.07, 6.45) is 1.11. The minimum atomic E-state index is -3.66. The van der Waals surface area contributed by atoms with Gasteiger partial charge in [0.2, 0.25) is 15.9 Å². The normalized spacial score (nSPS) is 11.3. The van der Waals surface area contributed by atoms with Crippen molar-refractivity contribution in [2.24, 2.45) is 0 Å². The van der Waals surface area contributed by atoms with Crippen molar-refractivity contribution in [3.05, 3.63) is 53.6 Å². The molecule has 2 rings (SSSR count). The number of nitrogens with zero attached hydrogens (tertiary/aromatic N) is 1. The maximum absolute atomic E-state index is 12.6. The number of anilines is 2. The van der Waals surface area contributed by atoms with Gasteiger partial charge < -0.3 is 10.1 Å². The van der Waals surface area contributed by atoms with Crippen LogP contribution in [-0.4, -0.2) is 34.2 Å². The third-order valence-corrected chi connectivity index (χ3v) is 5.32. The Morgan fingerprint density at radius 1 is 1.15 bits per heavy atom. The highest BCUT2D eigenvalue weighted by Crippen LogP contribution is 2.32. The van der Waals surface area contributed by atoms with Crippen molar-refractivity contribution in [3.8, 4) is 5.75 Å². The van der Waals surface area contributed by atoms with E-state index in [4.69, 9.17) is 4.74 Å². The summed E-state index contributed by atoms with van der Waals surface area (Å²) in [5, 5.41) is 2.73. The Labute approximate surface area is 161 Å². The molecule has 0 saturated carbocycles. The Morgan fingerprint density at radius 2 is 1.81 bits per heavy atom. The van der Waals surface area contributed by atoms with E-state index in [1.807, 2.05) is 39.0 Å². The van der Waals surface area contributed by atoms with Gasteiger partial charge in [0, 0.05) is 0 Å². The van der Waals surface area contributed by atoms with Gasteiger partial charge in [0.15, 0.2) is 0 Å². The number of ether oxygens (including phenoxy) is 1. The van der Waals surface area contributed by atoms with Crippen molar-refractivity contribution in [2.75, 3.05) is 29.5 Å². The summed E-state index contributed by atoms with van der Waals surface area (Å²) in [6, 6.07) is 12.6. The van der Waals surface area contributed by atoms with Crippen LogP contribution in [0, 0.1) is 6.92 Å². The topological polar surface area (TPSA) is 75.7 Å². The van der Waals surface area contributed by atoms with E-state index in [-0.39, 0.29) is 12.5 Å². The highest BCUT2D eigenvalue weighted by Gasteiger charge is 2.26. The summed E-state index contributed by atoms with van der Waals surface area (Å²) in [5.41, 5.74) is 2.74. The average molecular weight is 391 g/mol. The van der Waals surface area contributed by atoms with E-state index in [1.54, 1.807) is 24.3 Å². The lowest BCUT2D eigenvalue weighted by Gasteiger charge is -2.27. The van der Waals surface area contributed by atoms with Gasteiger partial charge in [0.25, 0.3) is 0 Å². The second-order valence-corrected chi connectivity index (χ2v) is 8.59. The fourth-order valence-corrected chi connectivity index (χ4v) is 3.85. The van der Waals surface area contributed by atoms with Crippen LogP contribution in [0.4, 0.5) is 11.4 Å². The largest absolute Gasteiger partial charge is 0.495 e. The highest BCUT2D eigenvalue weighted by atomic mass is 32.2. The molecule has 2 aromatic rings. The molecule has 0 atom stereocenters. The molecule has 146 valence electrons. The second kappa shape index (κ2) is 8.43. The molecule has 0 spiro atoms. The van der Waals surface area contributed by atoms with E-state index in [0.717, 1.165) is 17.4 Å².